The molecule has 1 saturated heterocycles. The van der Waals surface area contributed by atoms with Crippen LogP contribution in [0.1, 0.15) is 0 Å². The summed E-state index contributed by atoms with van der Waals surface area (Å²) in [5.41, 5.74) is 0. The summed E-state index contributed by atoms with van der Waals surface area (Å²) in [5.74, 6) is 0. The molecular weight excluding hydrogens is 190 g/mol. The van der Waals surface area contributed by atoms with Crippen LogP contribution >= 0.6 is 23.3 Å². The van der Waals surface area contributed by atoms with Crippen LogP contribution in [0.15, 0.2) is 21.7 Å². The average molecular weight is 201 g/mol. The molecule has 1 aliphatic rings. The van der Waals surface area contributed by atoms with Crippen LogP contribution < -0.4 is 0 Å². The molecule has 4 heteroatoms. The molecule has 1 aromatic rings. The maximum atomic E-state index is 5.27. The largest absolute Gasteiger partial charge is 0.379 e. The summed E-state index contributed by atoms with van der Waals surface area (Å²) in [6, 6.07) is 2.16. The Bertz CT molecular complexity index is 219. The summed E-state index contributed by atoms with van der Waals surface area (Å²) in [6.45, 7) is 3.83. The summed E-state index contributed by atoms with van der Waals surface area (Å²) in [7, 11) is 0. The first-order chi connectivity index (χ1) is 5.95. The van der Waals surface area contributed by atoms with E-state index in [1.807, 2.05) is 11.9 Å². The molecule has 66 valence electrons. The fourth-order valence-corrected chi connectivity index (χ4v) is 2.79. The Morgan fingerprint density at radius 2 is 2.25 bits per heavy atom. The molecule has 2 rings (SSSR count). The second-order valence-electron chi connectivity index (χ2n) is 2.59. The maximum absolute atomic E-state index is 5.27. The molecule has 1 aromatic heterocycles. The van der Waals surface area contributed by atoms with Crippen molar-refractivity contribution in [1.82, 2.24) is 4.31 Å². The smallest absolute Gasteiger partial charge is 0.0603 e. The van der Waals surface area contributed by atoms with Gasteiger partial charge in [-0.05, 0) is 23.4 Å². The van der Waals surface area contributed by atoms with Gasteiger partial charge in [0.05, 0.1) is 13.2 Å². The van der Waals surface area contributed by atoms with Gasteiger partial charge in [-0.3, -0.25) is 0 Å². The van der Waals surface area contributed by atoms with E-state index in [0.29, 0.717) is 0 Å². The molecule has 1 fully saturated rings. The summed E-state index contributed by atoms with van der Waals surface area (Å²) >= 11 is 3.58. The highest BCUT2D eigenvalue weighted by atomic mass is 32.2. The van der Waals surface area contributed by atoms with Crippen molar-refractivity contribution < 1.29 is 4.74 Å². The third-order valence-electron chi connectivity index (χ3n) is 1.70. The van der Waals surface area contributed by atoms with E-state index in [2.05, 4.69) is 21.1 Å². The Morgan fingerprint density at radius 3 is 2.92 bits per heavy atom. The fourth-order valence-electron chi connectivity index (χ4n) is 1.09. The zero-order valence-electron chi connectivity index (χ0n) is 6.73. The van der Waals surface area contributed by atoms with Crippen LogP contribution in [-0.4, -0.2) is 30.6 Å². The second-order valence-corrected chi connectivity index (χ2v) is 4.54. The third kappa shape index (κ3) is 2.23. The molecule has 0 N–H and O–H groups in total. The van der Waals surface area contributed by atoms with Gasteiger partial charge in [0, 0.05) is 23.4 Å². The van der Waals surface area contributed by atoms with Crippen LogP contribution in [0.25, 0.3) is 0 Å². The normalized spacial score (nSPS) is 19.7. The van der Waals surface area contributed by atoms with Gasteiger partial charge in [0.2, 0.25) is 0 Å². The van der Waals surface area contributed by atoms with Crippen LogP contribution in [0.2, 0.25) is 0 Å². The van der Waals surface area contributed by atoms with E-state index in [4.69, 9.17) is 4.74 Å². The van der Waals surface area contributed by atoms with Gasteiger partial charge in [-0.25, -0.2) is 4.31 Å². The van der Waals surface area contributed by atoms with Crippen LogP contribution in [-0.2, 0) is 4.74 Å². The van der Waals surface area contributed by atoms with Gasteiger partial charge in [-0.15, -0.1) is 0 Å². The van der Waals surface area contributed by atoms with Gasteiger partial charge in [0.15, 0.2) is 0 Å². The molecule has 0 aromatic carbocycles. The molecule has 0 unspecified atom stereocenters. The molecular formula is C8H11NOS2. The minimum absolute atomic E-state index is 0.872. The van der Waals surface area contributed by atoms with Crippen LogP contribution in [0, 0.1) is 0 Å². The van der Waals surface area contributed by atoms with Crippen molar-refractivity contribution in [3.05, 3.63) is 16.8 Å². The van der Waals surface area contributed by atoms with E-state index in [1.165, 1.54) is 4.90 Å². The molecule has 1 aliphatic heterocycles. The van der Waals surface area contributed by atoms with Gasteiger partial charge in [0.1, 0.15) is 0 Å². The zero-order valence-corrected chi connectivity index (χ0v) is 8.37. The first-order valence-electron chi connectivity index (χ1n) is 3.98. The lowest BCUT2D eigenvalue weighted by molar-refractivity contribution is 0.0773. The van der Waals surface area contributed by atoms with E-state index in [1.54, 1.807) is 11.3 Å². The lowest BCUT2D eigenvalue weighted by Crippen LogP contribution is -2.30. The summed E-state index contributed by atoms with van der Waals surface area (Å²) in [5, 5.41) is 4.29. The van der Waals surface area contributed by atoms with Crippen molar-refractivity contribution in [1.29, 1.82) is 0 Å². The van der Waals surface area contributed by atoms with Crippen LogP contribution in [0.4, 0.5) is 0 Å². The number of ether oxygens (including phenoxy) is 1. The summed E-state index contributed by atoms with van der Waals surface area (Å²) in [4.78, 5) is 1.35. The second kappa shape index (κ2) is 4.28. The first-order valence-corrected chi connectivity index (χ1v) is 5.69. The van der Waals surface area contributed by atoms with Crippen molar-refractivity contribution in [2.75, 3.05) is 26.3 Å². The molecule has 0 aliphatic carbocycles. The van der Waals surface area contributed by atoms with Gasteiger partial charge >= 0.3 is 0 Å². The van der Waals surface area contributed by atoms with E-state index < -0.39 is 0 Å². The molecule has 0 saturated carbocycles. The predicted octanol–water partition coefficient (Wildman–Crippen LogP) is 2.09. The SMILES string of the molecule is c1cc(SN2CCOCC2)cs1. The molecule has 0 bridgehead atoms. The average Bonchev–Trinajstić information content (AvgIpc) is 2.59. The molecule has 0 amide bonds. The van der Waals surface area contributed by atoms with Gasteiger partial charge in [-0.1, -0.05) is 0 Å². The van der Waals surface area contributed by atoms with Crippen molar-refractivity contribution in [2.24, 2.45) is 0 Å². The number of morpholine rings is 1. The van der Waals surface area contributed by atoms with E-state index in [9.17, 15) is 0 Å². The Morgan fingerprint density at radius 1 is 1.42 bits per heavy atom. The summed E-state index contributed by atoms with van der Waals surface area (Å²) in [6.07, 6.45) is 0. The van der Waals surface area contributed by atoms with Gasteiger partial charge in [-0.2, -0.15) is 11.3 Å². The van der Waals surface area contributed by atoms with Crippen molar-refractivity contribution in [3.63, 3.8) is 0 Å². The highest BCUT2D eigenvalue weighted by Crippen LogP contribution is 2.25. The Balaban J connectivity index is 1.86. The highest BCUT2D eigenvalue weighted by molar-refractivity contribution is 7.97. The quantitative estimate of drug-likeness (QED) is 0.680. The van der Waals surface area contributed by atoms with Crippen LogP contribution in [0.5, 0.6) is 0 Å². The monoisotopic (exact) mass is 201 g/mol. The predicted molar refractivity (Wildman–Crippen MR) is 52.6 cm³/mol. The topological polar surface area (TPSA) is 12.5 Å². The minimum Gasteiger partial charge on any atom is -0.379 e. The Hall–Kier alpha value is -0.0300. The number of hydrogen-bond acceptors (Lipinski definition) is 4. The molecule has 2 heterocycles. The first kappa shape index (κ1) is 8.56. The third-order valence-corrected chi connectivity index (χ3v) is 3.62. The highest BCUT2D eigenvalue weighted by Gasteiger charge is 2.11. The Labute approximate surface area is 80.7 Å². The molecule has 0 spiro atoms. The zero-order chi connectivity index (χ0) is 8.23. The molecule has 12 heavy (non-hydrogen) atoms. The standard InChI is InChI=1S/C8H11NOS2/c1-6-11-7-8(1)12-9-2-4-10-5-3-9/h1,6-7H,2-5H2. The van der Waals surface area contributed by atoms with Crippen LogP contribution in [0.3, 0.4) is 0 Å². The Kier molecular flexibility index (Phi) is 3.05. The van der Waals surface area contributed by atoms with E-state index >= 15 is 0 Å². The van der Waals surface area contributed by atoms with Crippen molar-refractivity contribution >= 4 is 23.3 Å². The number of nitrogens with zero attached hydrogens (tertiary/aromatic N) is 1. The molecule has 0 atom stereocenters. The minimum atomic E-state index is 0.872. The summed E-state index contributed by atoms with van der Waals surface area (Å²) < 4.78 is 7.62. The number of hydrogen-bond donors (Lipinski definition) is 0. The van der Waals surface area contributed by atoms with E-state index in [0.717, 1.165) is 26.3 Å². The number of rotatable bonds is 2. The fraction of sp³-hybridized carbons (Fsp3) is 0.500. The van der Waals surface area contributed by atoms with Crippen molar-refractivity contribution in [3.8, 4) is 0 Å². The van der Waals surface area contributed by atoms with Gasteiger partial charge < -0.3 is 4.74 Å². The lowest BCUT2D eigenvalue weighted by Gasteiger charge is -2.24. The molecule has 2 nitrogen and oxygen atoms in total. The van der Waals surface area contributed by atoms with E-state index in [-0.39, 0.29) is 0 Å². The number of thiophene rings is 1. The lowest BCUT2D eigenvalue weighted by atomic mass is 10.5. The van der Waals surface area contributed by atoms with Crippen molar-refractivity contribution in [2.45, 2.75) is 4.90 Å². The maximum Gasteiger partial charge on any atom is 0.0603 e. The van der Waals surface area contributed by atoms with Gasteiger partial charge in [0.25, 0.3) is 0 Å². The molecule has 0 radical (unpaired) electrons.